The molecule has 2 saturated heterocycles. The van der Waals surface area contributed by atoms with E-state index in [0.29, 0.717) is 18.2 Å². The van der Waals surface area contributed by atoms with Crippen molar-refractivity contribution in [3.63, 3.8) is 0 Å². The van der Waals surface area contributed by atoms with Crippen LogP contribution in [0.5, 0.6) is 11.5 Å². The van der Waals surface area contributed by atoms with Gasteiger partial charge in [-0.1, -0.05) is 0 Å². The first-order valence-electron chi connectivity index (χ1n) is 7.15. The third kappa shape index (κ3) is 2.64. The van der Waals surface area contributed by atoms with Crippen molar-refractivity contribution in [3.05, 3.63) is 23.8 Å². The minimum Gasteiger partial charge on any atom is -0.504 e. The highest BCUT2D eigenvalue weighted by Gasteiger charge is 2.31. The molecule has 20 heavy (non-hydrogen) atoms. The predicted octanol–water partition coefficient (Wildman–Crippen LogP) is 1.06. The molecule has 1 aromatic carbocycles. The molecule has 2 N–H and O–H groups in total. The van der Waals surface area contributed by atoms with Crippen LogP contribution in [0, 0.1) is 0 Å². The number of fused-ring (bicyclic) bond motifs is 1. The summed E-state index contributed by atoms with van der Waals surface area (Å²) in [5.41, 5.74) is 0.453. The Morgan fingerprint density at radius 3 is 2.85 bits per heavy atom. The Kier molecular flexibility index (Phi) is 3.63. The summed E-state index contributed by atoms with van der Waals surface area (Å²) < 4.78 is 0. The summed E-state index contributed by atoms with van der Waals surface area (Å²) in [6.07, 6.45) is 2.49. The number of Topliss-reactive ketones (excluding diaryl/α,β-unsaturated/α-hetero) is 1. The third-order valence-corrected chi connectivity index (χ3v) is 4.34. The molecule has 0 saturated carbocycles. The van der Waals surface area contributed by atoms with E-state index in [4.69, 9.17) is 0 Å². The maximum absolute atomic E-state index is 12.2. The van der Waals surface area contributed by atoms with Gasteiger partial charge in [-0.25, -0.2) is 0 Å². The van der Waals surface area contributed by atoms with Crippen molar-refractivity contribution < 1.29 is 15.0 Å². The van der Waals surface area contributed by atoms with Crippen LogP contribution in [0.15, 0.2) is 18.2 Å². The molecular weight excluding hydrogens is 256 g/mol. The number of carbonyl (C=O) groups excluding carboxylic acids is 1. The van der Waals surface area contributed by atoms with Gasteiger partial charge in [0.25, 0.3) is 0 Å². The van der Waals surface area contributed by atoms with E-state index in [0.717, 1.165) is 19.6 Å². The van der Waals surface area contributed by atoms with E-state index >= 15 is 0 Å². The Balaban J connectivity index is 1.62. The standard InChI is InChI=1S/C15H20N2O3/c18-13-4-3-11(8-14(13)19)15(20)10-16-6-7-17-5-1-2-12(17)9-16/h3-4,8,12,18-19H,1-2,5-7,9-10H2. The minimum absolute atomic E-state index is 0.00764. The number of phenols is 2. The van der Waals surface area contributed by atoms with Gasteiger partial charge in [0.1, 0.15) is 0 Å². The molecule has 1 unspecified atom stereocenters. The molecule has 0 radical (unpaired) electrons. The Bertz CT molecular complexity index is 518. The number of rotatable bonds is 3. The summed E-state index contributed by atoms with van der Waals surface area (Å²) in [5.74, 6) is -0.440. The quantitative estimate of drug-likeness (QED) is 0.638. The summed E-state index contributed by atoms with van der Waals surface area (Å²) in [6.45, 7) is 4.49. The lowest BCUT2D eigenvalue weighted by Gasteiger charge is -2.37. The summed E-state index contributed by atoms with van der Waals surface area (Å²) >= 11 is 0. The largest absolute Gasteiger partial charge is 0.504 e. The van der Waals surface area contributed by atoms with Crippen molar-refractivity contribution in [1.29, 1.82) is 0 Å². The van der Waals surface area contributed by atoms with Crippen LogP contribution in [0.4, 0.5) is 0 Å². The van der Waals surface area contributed by atoms with Gasteiger partial charge >= 0.3 is 0 Å². The van der Waals surface area contributed by atoms with Crippen LogP contribution in [-0.2, 0) is 0 Å². The van der Waals surface area contributed by atoms with Crippen LogP contribution in [0.1, 0.15) is 23.2 Å². The second-order valence-electron chi connectivity index (χ2n) is 5.69. The molecule has 2 heterocycles. The van der Waals surface area contributed by atoms with E-state index in [1.54, 1.807) is 6.07 Å². The fraction of sp³-hybridized carbons (Fsp3) is 0.533. The molecule has 2 aliphatic heterocycles. The Morgan fingerprint density at radius 1 is 1.20 bits per heavy atom. The van der Waals surface area contributed by atoms with E-state index in [9.17, 15) is 15.0 Å². The molecule has 5 heteroatoms. The first-order valence-corrected chi connectivity index (χ1v) is 7.15. The van der Waals surface area contributed by atoms with Crippen molar-refractivity contribution in [1.82, 2.24) is 9.80 Å². The molecule has 3 rings (SSSR count). The van der Waals surface area contributed by atoms with Crippen molar-refractivity contribution in [2.75, 3.05) is 32.7 Å². The smallest absolute Gasteiger partial charge is 0.176 e. The zero-order valence-electron chi connectivity index (χ0n) is 11.5. The SMILES string of the molecule is O=C(CN1CCN2CCCC2C1)c1ccc(O)c(O)c1. The maximum Gasteiger partial charge on any atom is 0.176 e. The third-order valence-electron chi connectivity index (χ3n) is 4.34. The Hall–Kier alpha value is -1.59. The fourth-order valence-electron chi connectivity index (χ4n) is 3.19. The summed E-state index contributed by atoms with van der Waals surface area (Å²) in [4.78, 5) is 16.9. The highest BCUT2D eigenvalue weighted by molar-refractivity contribution is 5.98. The molecule has 2 fully saturated rings. The van der Waals surface area contributed by atoms with Crippen molar-refractivity contribution in [2.45, 2.75) is 18.9 Å². The Labute approximate surface area is 118 Å². The van der Waals surface area contributed by atoms with Crippen LogP contribution < -0.4 is 0 Å². The minimum atomic E-state index is -0.239. The van der Waals surface area contributed by atoms with E-state index < -0.39 is 0 Å². The number of carbonyl (C=O) groups is 1. The summed E-state index contributed by atoms with van der Waals surface area (Å²) in [5, 5.41) is 18.7. The first-order chi connectivity index (χ1) is 9.63. The van der Waals surface area contributed by atoms with Crippen molar-refractivity contribution >= 4 is 5.78 Å². The number of hydrogen-bond donors (Lipinski definition) is 2. The average molecular weight is 276 g/mol. The molecule has 0 spiro atoms. The van der Waals surface area contributed by atoms with Crippen LogP contribution in [-0.4, -0.2) is 64.6 Å². The number of aromatic hydroxyl groups is 2. The summed E-state index contributed by atoms with van der Waals surface area (Å²) in [7, 11) is 0. The maximum atomic E-state index is 12.2. The molecule has 0 amide bonds. The summed E-state index contributed by atoms with van der Waals surface area (Å²) in [6, 6.07) is 4.86. The molecule has 2 aliphatic rings. The van der Waals surface area contributed by atoms with Crippen LogP contribution in [0.3, 0.4) is 0 Å². The lowest BCUT2D eigenvalue weighted by Crippen LogP contribution is -2.51. The first kappa shape index (κ1) is 13.4. The molecule has 5 nitrogen and oxygen atoms in total. The van der Waals surface area contributed by atoms with Crippen LogP contribution in [0.2, 0.25) is 0 Å². The van der Waals surface area contributed by atoms with Crippen molar-refractivity contribution in [2.24, 2.45) is 0 Å². The van der Waals surface area contributed by atoms with Gasteiger partial charge in [-0.2, -0.15) is 0 Å². The second kappa shape index (κ2) is 5.42. The highest BCUT2D eigenvalue weighted by Crippen LogP contribution is 2.26. The second-order valence-corrected chi connectivity index (χ2v) is 5.69. The van der Waals surface area contributed by atoms with Gasteiger partial charge in [0.2, 0.25) is 0 Å². The lowest BCUT2D eigenvalue weighted by atomic mass is 10.1. The van der Waals surface area contributed by atoms with Gasteiger partial charge in [0, 0.05) is 31.2 Å². The van der Waals surface area contributed by atoms with Crippen molar-refractivity contribution in [3.8, 4) is 11.5 Å². The molecular formula is C15H20N2O3. The number of nitrogens with zero attached hydrogens (tertiary/aromatic N) is 2. The molecule has 1 aromatic rings. The predicted molar refractivity (Wildman–Crippen MR) is 75.1 cm³/mol. The average Bonchev–Trinajstić information content (AvgIpc) is 2.89. The number of phenolic OH excluding ortho intramolecular Hbond substituents is 2. The topological polar surface area (TPSA) is 64.0 Å². The number of ketones is 1. The molecule has 1 atom stereocenters. The number of benzene rings is 1. The van der Waals surface area contributed by atoms with Gasteiger partial charge < -0.3 is 10.2 Å². The van der Waals surface area contributed by atoms with Crippen LogP contribution in [0.25, 0.3) is 0 Å². The van der Waals surface area contributed by atoms with Gasteiger partial charge in [-0.05, 0) is 37.6 Å². The van der Waals surface area contributed by atoms with Gasteiger partial charge in [-0.15, -0.1) is 0 Å². The fourth-order valence-corrected chi connectivity index (χ4v) is 3.19. The molecule has 0 aromatic heterocycles. The molecule has 0 bridgehead atoms. The zero-order chi connectivity index (χ0) is 14.1. The van der Waals surface area contributed by atoms with E-state index in [-0.39, 0.29) is 17.3 Å². The van der Waals surface area contributed by atoms with E-state index in [1.165, 1.54) is 31.5 Å². The highest BCUT2D eigenvalue weighted by atomic mass is 16.3. The van der Waals surface area contributed by atoms with Gasteiger partial charge in [-0.3, -0.25) is 14.6 Å². The molecule has 0 aliphatic carbocycles. The number of hydrogen-bond acceptors (Lipinski definition) is 5. The molecule has 108 valence electrons. The van der Waals surface area contributed by atoms with E-state index in [1.807, 2.05) is 0 Å². The van der Waals surface area contributed by atoms with Gasteiger partial charge in [0.15, 0.2) is 17.3 Å². The zero-order valence-corrected chi connectivity index (χ0v) is 11.5. The lowest BCUT2D eigenvalue weighted by molar-refractivity contribution is 0.0784. The number of piperazine rings is 1. The Morgan fingerprint density at radius 2 is 2.05 bits per heavy atom. The van der Waals surface area contributed by atoms with E-state index in [2.05, 4.69) is 9.80 Å². The normalized spacial score (nSPS) is 23.7. The van der Waals surface area contributed by atoms with Gasteiger partial charge in [0.05, 0.1) is 6.54 Å². The monoisotopic (exact) mass is 276 g/mol. The van der Waals surface area contributed by atoms with Crippen LogP contribution >= 0.6 is 0 Å².